The number of hydrogen-bond donors (Lipinski definition) is 3. The highest BCUT2D eigenvalue weighted by Crippen LogP contribution is 2.67. The maximum absolute atomic E-state index is 16.4. The van der Waals surface area contributed by atoms with Gasteiger partial charge in [0.15, 0.2) is 5.69 Å². The van der Waals surface area contributed by atoms with E-state index in [1.807, 2.05) is 19.1 Å². The first-order valence-corrected chi connectivity index (χ1v) is 21.9. The predicted octanol–water partition coefficient (Wildman–Crippen LogP) is 6.09. The second-order valence-corrected chi connectivity index (χ2v) is 17.8. The monoisotopic (exact) mass is 914 g/mol. The lowest BCUT2D eigenvalue weighted by Crippen LogP contribution is -2.61. The molecule has 3 atom stereocenters. The Morgan fingerprint density at radius 3 is 2.19 bits per heavy atom. The average Bonchev–Trinajstić information content (AvgIpc) is 3.86. The number of carbonyl (C=O) groups is 6. The van der Waals surface area contributed by atoms with Crippen LogP contribution in [-0.2, 0) is 47.8 Å². The normalized spacial score (nSPS) is 18.1. The molecule has 64 heavy (non-hydrogen) atoms. The number of benzene rings is 3. The van der Waals surface area contributed by atoms with Gasteiger partial charge in [-0.05, 0) is 95.0 Å². The van der Waals surface area contributed by atoms with E-state index in [0.29, 0.717) is 35.6 Å². The predicted molar refractivity (Wildman–Crippen MR) is 223 cm³/mol. The van der Waals surface area contributed by atoms with Crippen LogP contribution in [0.25, 0.3) is 21.7 Å². The van der Waals surface area contributed by atoms with E-state index in [2.05, 4.69) is 30.3 Å². The van der Waals surface area contributed by atoms with Crippen molar-refractivity contribution < 1.29 is 70.1 Å². The van der Waals surface area contributed by atoms with Crippen molar-refractivity contribution in [3.63, 3.8) is 0 Å². The molecule has 19 nitrogen and oxygen atoms in total. The lowest BCUT2D eigenvalue weighted by atomic mass is 10.0. The van der Waals surface area contributed by atoms with E-state index >= 15 is 8.78 Å². The maximum Gasteiger partial charge on any atom is 0.510 e. The Kier molecular flexibility index (Phi) is 14.6. The standard InChI is InChI=1S/C42H49F2N6O13P/c1-23(2)62-40(55)58-21-60-64(57,61-22-59-41(56)63-24(3)4)42(43,44)29-11-10-26-8-9-27(18-28(26)19-29)36(51)46-33-20-49(39(54)35-31-17-25(5)7-13-32(31)47-48-35)16-15-30-12-14-34(37(52)45-6)50(30)38(33)53/h7-11,13,17-19,23-24,30,33-34H,12,14-16,20-22H2,1-6H3,(H,45,52)(H,46,51)(H,47,48)/t30-,33+,34?/m1/s1. The zero-order valence-electron chi connectivity index (χ0n) is 35.9. The number of ether oxygens (including phenoxy) is 4. The largest absolute Gasteiger partial charge is 0.510 e. The van der Waals surface area contributed by atoms with Crippen LogP contribution in [0.15, 0.2) is 54.6 Å². The number of likely N-dealkylation sites (N-methyl/N-ethyl adjacent to an activating group) is 1. The average molecular weight is 915 g/mol. The molecule has 4 aromatic rings. The molecule has 2 fully saturated rings. The van der Waals surface area contributed by atoms with Crippen LogP contribution >= 0.6 is 7.60 Å². The Hall–Kier alpha value is -6.18. The highest BCUT2D eigenvalue weighted by Gasteiger charge is 2.56. The fourth-order valence-corrected chi connectivity index (χ4v) is 8.68. The Labute approximate surface area is 365 Å². The Balaban J connectivity index is 1.28. The van der Waals surface area contributed by atoms with Crippen molar-refractivity contribution in [2.45, 2.75) is 89.9 Å². The van der Waals surface area contributed by atoms with Gasteiger partial charge in [0.2, 0.25) is 25.4 Å². The summed E-state index contributed by atoms with van der Waals surface area (Å²) in [6.45, 7) is 5.13. The van der Waals surface area contributed by atoms with Crippen LogP contribution < -0.4 is 10.6 Å². The third-order valence-corrected chi connectivity index (χ3v) is 12.3. The third-order valence-electron chi connectivity index (χ3n) is 10.5. The Bertz CT molecular complexity index is 2450. The van der Waals surface area contributed by atoms with Crippen LogP contribution in [0.1, 0.15) is 78.9 Å². The quantitative estimate of drug-likeness (QED) is 0.0738. The molecule has 0 aliphatic carbocycles. The van der Waals surface area contributed by atoms with Crippen molar-refractivity contribution in [2.24, 2.45) is 0 Å². The first kappa shape index (κ1) is 47.3. The van der Waals surface area contributed by atoms with Crippen LogP contribution in [0.3, 0.4) is 0 Å². The minimum atomic E-state index is -5.73. The maximum atomic E-state index is 16.4. The second kappa shape index (κ2) is 19.7. The van der Waals surface area contributed by atoms with E-state index < -0.39 is 92.8 Å². The molecule has 3 heterocycles. The number of aryl methyl sites for hydroxylation is 1. The number of fused-ring (bicyclic) bond motifs is 3. The van der Waals surface area contributed by atoms with Crippen molar-refractivity contribution in [3.05, 3.63) is 77.0 Å². The summed E-state index contributed by atoms with van der Waals surface area (Å²) < 4.78 is 75.1. The molecule has 0 saturated carbocycles. The van der Waals surface area contributed by atoms with Crippen LogP contribution in [0, 0.1) is 6.92 Å². The van der Waals surface area contributed by atoms with Gasteiger partial charge in [-0.25, -0.2) is 9.59 Å². The molecule has 0 radical (unpaired) electrons. The summed E-state index contributed by atoms with van der Waals surface area (Å²) in [5.41, 5.74) is -3.85. The number of H-pyrrole nitrogens is 1. The summed E-state index contributed by atoms with van der Waals surface area (Å²) in [5.74, 6) is -2.26. The van der Waals surface area contributed by atoms with E-state index in [0.717, 1.165) is 17.7 Å². The summed E-state index contributed by atoms with van der Waals surface area (Å²) in [6, 6.07) is 10.1. The number of aromatic amines is 1. The molecule has 0 bridgehead atoms. The van der Waals surface area contributed by atoms with Crippen LogP contribution in [0.4, 0.5) is 18.4 Å². The lowest BCUT2D eigenvalue weighted by Gasteiger charge is -2.38. The number of nitrogens with zero attached hydrogens (tertiary/aromatic N) is 3. The minimum Gasteiger partial charge on any atom is -0.432 e. The van der Waals surface area contributed by atoms with E-state index in [-0.39, 0.29) is 35.6 Å². The first-order valence-electron chi connectivity index (χ1n) is 20.4. The molecule has 3 N–H and O–H groups in total. The number of nitrogens with one attached hydrogen (secondary N) is 3. The van der Waals surface area contributed by atoms with E-state index in [1.54, 1.807) is 6.07 Å². The third kappa shape index (κ3) is 10.4. The number of halogens is 2. The molecule has 344 valence electrons. The van der Waals surface area contributed by atoms with Gasteiger partial charge in [0.25, 0.3) is 11.8 Å². The molecule has 22 heteroatoms. The van der Waals surface area contributed by atoms with Crippen molar-refractivity contribution in [1.29, 1.82) is 0 Å². The number of alkyl halides is 2. The van der Waals surface area contributed by atoms with Crippen molar-refractivity contribution in [2.75, 3.05) is 33.7 Å². The zero-order valence-corrected chi connectivity index (χ0v) is 36.8. The molecule has 6 rings (SSSR count). The van der Waals surface area contributed by atoms with Gasteiger partial charge in [0.05, 0.1) is 24.3 Å². The van der Waals surface area contributed by atoms with E-state index in [9.17, 15) is 33.3 Å². The van der Waals surface area contributed by atoms with Gasteiger partial charge in [0.1, 0.15) is 12.1 Å². The summed E-state index contributed by atoms with van der Waals surface area (Å²) in [5, 5.41) is 13.4. The van der Waals surface area contributed by atoms with E-state index in [4.69, 9.17) is 18.5 Å². The molecule has 2 aliphatic heterocycles. The number of hydrogen-bond acceptors (Lipinski definition) is 14. The van der Waals surface area contributed by atoms with Gasteiger partial charge in [-0.3, -0.25) is 37.9 Å². The molecule has 1 unspecified atom stereocenters. The lowest BCUT2D eigenvalue weighted by molar-refractivity contribution is -0.142. The Morgan fingerprint density at radius 1 is 0.891 bits per heavy atom. The molecular weight excluding hydrogens is 865 g/mol. The molecule has 2 saturated heterocycles. The summed E-state index contributed by atoms with van der Waals surface area (Å²) in [4.78, 5) is 82.3. The fraction of sp³-hybridized carbons (Fsp3) is 0.452. The smallest absolute Gasteiger partial charge is 0.432 e. The van der Waals surface area contributed by atoms with Gasteiger partial charge >= 0.3 is 25.6 Å². The number of amides is 4. The minimum absolute atomic E-state index is 0.0469. The highest BCUT2D eigenvalue weighted by molar-refractivity contribution is 7.54. The van der Waals surface area contributed by atoms with Crippen LogP contribution in [0.2, 0.25) is 0 Å². The molecule has 1 aromatic heterocycles. The molecule has 4 amide bonds. The van der Waals surface area contributed by atoms with Gasteiger partial charge in [-0.1, -0.05) is 29.8 Å². The van der Waals surface area contributed by atoms with Crippen LogP contribution in [-0.4, -0.2) is 120 Å². The highest BCUT2D eigenvalue weighted by atomic mass is 31.2. The second-order valence-electron chi connectivity index (χ2n) is 15.7. The van der Waals surface area contributed by atoms with Crippen molar-refractivity contribution in [3.8, 4) is 0 Å². The van der Waals surface area contributed by atoms with Crippen molar-refractivity contribution in [1.82, 2.24) is 30.6 Å². The summed E-state index contributed by atoms with van der Waals surface area (Å²) in [6.07, 6.45) is -2.71. The summed E-state index contributed by atoms with van der Waals surface area (Å²) >= 11 is 0. The number of carbonyl (C=O) groups excluding carboxylic acids is 6. The number of rotatable bonds is 14. The summed E-state index contributed by atoms with van der Waals surface area (Å²) in [7, 11) is -4.27. The fourth-order valence-electron chi connectivity index (χ4n) is 7.45. The molecular formula is C42H49F2N6O13P. The van der Waals surface area contributed by atoms with Gasteiger partial charge in [-0.2, -0.15) is 13.9 Å². The topological polar surface area (TPSA) is 234 Å². The van der Waals surface area contributed by atoms with Gasteiger partial charge in [-0.15, -0.1) is 0 Å². The van der Waals surface area contributed by atoms with Gasteiger partial charge in [0, 0.05) is 36.1 Å². The van der Waals surface area contributed by atoms with Crippen LogP contribution in [0.5, 0.6) is 0 Å². The SMILES string of the molecule is CNC(=O)C1CC[C@@H]2CCN(C(=O)c3n[nH]c4ccc(C)cc34)C[C@H](NC(=O)c3ccc4ccc(C(F)(F)P(=O)(OCOC(=O)OC(C)C)OCOC(=O)OC(C)C)cc4c3)C(=O)N12. The molecule has 0 spiro atoms. The molecule has 2 aliphatic rings. The van der Waals surface area contributed by atoms with Gasteiger partial charge < -0.3 is 39.4 Å². The number of aromatic nitrogens is 2. The first-order chi connectivity index (χ1) is 30.3. The Morgan fingerprint density at radius 2 is 1.55 bits per heavy atom. The van der Waals surface area contributed by atoms with Crippen molar-refractivity contribution >= 4 is 65.2 Å². The van der Waals surface area contributed by atoms with E-state index in [1.165, 1.54) is 68.8 Å². The molecule has 3 aromatic carbocycles. The zero-order chi connectivity index (χ0) is 46.5.